The van der Waals surface area contributed by atoms with E-state index >= 15 is 0 Å². The molecule has 1 amide bonds. The number of aliphatic hydroxyl groups excluding tert-OH is 1. The fourth-order valence-electron chi connectivity index (χ4n) is 4.28. The third-order valence-electron chi connectivity index (χ3n) is 5.99. The van der Waals surface area contributed by atoms with Crippen LogP contribution in [0.1, 0.15) is 23.8 Å². The summed E-state index contributed by atoms with van der Waals surface area (Å²) in [4.78, 5) is 29.8. The van der Waals surface area contributed by atoms with Crippen LogP contribution in [0.3, 0.4) is 0 Å². The summed E-state index contributed by atoms with van der Waals surface area (Å²) in [5, 5.41) is 11.2. The number of amides is 1. The van der Waals surface area contributed by atoms with E-state index in [2.05, 4.69) is 4.90 Å². The Bertz CT molecular complexity index is 1030. The van der Waals surface area contributed by atoms with E-state index in [1.165, 1.54) is 25.4 Å². The van der Waals surface area contributed by atoms with Crippen LogP contribution in [-0.2, 0) is 14.3 Å². The van der Waals surface area contributed by atoms with Gasteiger partial charge in [0.25, 0.3) is 11.7 Å². The largest absolute Gasteiger partial charge is 0.507 e. The number of likely N-dealkylation sites (tertiary alicyclic amines) is 1. The maximum absolute atomic E-state index is 13.1. The molecule has 2 aliphatic heterocycles. The Morgan fingerprint density at radius 1 is 1.12 bits per heavy atom. The minimum atomic E-state index is -0.823. The number of aliphatic hydroxyl groups is 1. The van der Waals surface area contributed by atoms with Crippen LogP contribution in [0, 0.1) is 0 Å². The minimum absolute atomic E-state index is 0.0233. The summed E-state index contributed by atoms with van der Waals surface area (Å²) in [5.41, 5.74) is 0.269. The van der Waals surface area contributed by atoms with E-state index in [-0.39, 0.29) is 11.3 Å². The molecule has 176 valence electrons. The highest BCUT2D eigenvalue weighted by atomic mass is 16.5. The molecule has 2 fully saturated rings. The predicted molar refractivity (Wildman–Crippen MR) is 119 cm³/mol. The highest BCUT2D eigenvalue weighted by Crippen LogP contribution is 2.41. The number of Topliss-reactive ketones (excluding diaryl/α,β-unsaturated/α-hetero) is 1. The maximum Gasteiger partial charge on any atom is 0.295 e. The van der Waals surface area contributed by atoms with E-state index in [1.807, 2.05) is 0 Å². The van der Waals surface area contributed by atoms with Gasteiger partial charge in [-0.3, -0.25) is 14.5 Å². The number of methoxy groups -OCH3 is 2. The molecule has 0 spiro atoms. The van der Waals surface area contributed by atoms with Gasteiger partial charge >= 0.3 is 0 Å². The molecule has 1 N–H and O–H groups in total. The molecule has 2 aliphatic rings. The Hall–Kier alpha value is -3.30. The SMILES string of the molecule is COc1ccc(/C(O)=C2\C(=O)C(=O)N(CCCN3CCOCC3)[C@H]2c2ccco2)c(OC)c1. The van der Waals surface area contributed by atoms with E-state index < -0.39 is 17.7 Å². The Labute approximate surface area is 192 Å². The number of carbonyl (C=O) groups is 2. The van der Waals surface area contributed by atoms with Crippen molar-refractivity contribution in [3.63, 3.8) is 0 Å². The minimum Gasteiger partial charge on any atom is -0.507 e. The lowest BCUT2D eigenvalue weighted by molar-refractivity contribution is -0.140. The molecule has 0 unspecified atom stereocenters. The number of ether oxygens (including phenoxy) is 3. The molecule has 33 heavy (non-hydrogen) atoms. The van der Waals surface area contributed by atoms with E-state index in [4.69, 9.17) is 18.6 Å². The van der Waals surface area contributed by atoms with Crippen molar-refractivity contribution in [1.29, 1.82) is 0 Å². The van der Waals surface area contributed by atoms with Crippen LogP contribution >= 0.6 is 0 Å². The molecule has 9 nitrogen and oxygen atoms in total. The first-order valence-corrected chi connectivity index (χ1v) is 10.9. The lowest BCUT2D eigenvalue weighted by Gasteiger charge is -2.28. The molecule has 9 heteroatoms. The van der Waals surface area contributed by atoms with Gasteiger partial charge in [0.2, 0.25) is 0 Å². The summed E-state index contributed by atoms with van der Waals surface area (Å²) in [6.45, 7) is 4.21. The molecule has 4 rings (SSSR count). The number of rotatable bonds is 8. The molecular weight excluding hydrogens is 428 g/mol. The van der Waals surface area contributed by atoms with Gasteiger partial charge in [-0.1, -0.05) is 0 Å². The highest BCUT2D eigenvalue weighted by molar-refractivity contribution is 6.46. The fraction of sp³-hybridized carbons (Fsp3) is 0.417. The summed E-state index contributed by atoms with van der Waals surface area (Å²) < 4.78 is 21.6. The first-order chi connectivity index (χ1) is 16.0. The number of hydrogen-bond acceptors (Lipinski definition) is 8. The average molecular weight is 456 g/mol. The van der Waals surface area contributed by atoms with Gasteiger partial charge in [0.05, 0.1) is 44.8 Å². The Kier molecular flexibility index (Phi) is 7.00. The lowest BCUT2D eigenvalue weighted by atomic mass is 9.98. The number of nitrogens with zero attached hydrogens (tertiary/aromatic N) is 2. The Morgan fingerprint density at radius 3 is 2.58 bits per heavy atom. The van der Waals surface area contributed by atoms with Crippen LogP contribution in [0.4, 0.5) is 0 Å². The summed E-state index contributed by atoms with van der Waals surface area (Å²) in [7, 11) is 2.98. The predicted octanol–water partition coefficient (Wildman–Crippen LogP) is 2.44. The van der Waals surface area contributed by atoms with Gasteiger partial charge in [0.1, 0.15) is 29.1 Å². The second-order valence-corrected chi connectivity index (χ2v) is 7.88. The van der Waals surface area contributed by atoms with Crippen molar-refractivity contribution in [3.05, 3.63) is 53.5 Å². The number of benzene rings is 1. The number of ketones is 1. The maximum atomic E-state index is 13.1. The molecule has 0 bridgehead atoms. The molecule has 0 aliphatic carbocycles. The standard InChI is InChI=1S/C24H28N2O7/c1-30-16-6-7-17(19(15-16)31-2)22(27)20-21(18-5-3-12-33-18)26(24(29)23(20)28)9-4-8-25-10-13-32-14-11-25/h3,5-7,12,15,21,27H,4,8-11,13-14H2,1-2H3/b22-20+/t21-/m0/s1. The van der Waals surface area contributed by atoms with Crippen molar-refractivity contribution in [2.45, 2.75) is 12.5 Å². The normalized spacial score (nSPS) is 20.9. The summed E-state index contributed by atoms with van der Waals surface area (Å²) >= 11 is 0. The van der Waals surface area contributed by atoms with E-state index in [0.29, 0.717) is 49.0 Å². The van der Waals surface area contributed by atoms with Gasteiger partial charge in [-0.05, 0) is 30.7 Å². The van der Waals surface area contributed by atoms with Gasteiger partial charge in [-0.25, -0.2) is 0 Å². The summed E-state index contributed by atoms with van der Waals surface area (Å²) in [6, 6.07) is 7.42. The lowest BCUT2D eigenvalue weighted by Crippen LogP contribution is -2.38. The van der Waals surface area contributed by atoms with Crippen molar-refractivity contribution in [3.8, 4) is 11.5 Å². The number of carbonyl (C=O) groups excluding carboxylic acids is 2. The molecule has 1 aromatic carbocycles. The zero-order chi connectivity index (χ0) is 23.4. The van der Waals surface area contributed by atoms with Gasteiger partial charge in [-0.15, -0.1) is 0 Å². The average Bonchev–Trinajstić information content (AvgIpc) is 3.46. The summed E-state index contributed by atoms with van der Waals surface area (Å²) in [5.74, 6) is -0.455. The van der Waals surface area contributed by atoms with Crippen molar-refractivity contribution in [1.82, 2.24) is 9.80 Å². The molecule has 2 aromatic rings. The molecule has 0 radical (unpaired) electrons. The van der Waals surface area contributed by atoms with Crippen LogP contribution < -0.4 is 9.47 Å². The van der Waals surface area contributed by atoms with Gasteiger partial charge in [-0.2, -0.15) is 0 Å². The van der Waals surface area contributed by atoms with Crippen LogP contribution in [0.25, 0.3) is 5.76 Å². The Morgan fingerprint density at radius 2 is 1.91 bits per heavy atom. The van der Waals surface area contributed by atoms with Crippen LogP contribution in [0.15, 0.2) is 46.6 Å². The Balaban J connectivity index is 1.66. The van der Waals surface area contributed by atoms with Gasteiger partial charge in [0, 0.05) is 32.2 Å². The molecule has 1 aromatic heterocycles. The van der Waals surface area contributed by atoms with Crippen molar-refractivity contribution >= 4 is 17.4 Å². The topological polar surface area (TPSA) is 102 Å². The van der Waals surface area contributed by atoms with Crippen LogP contribution in [0.2, 0.25) is 0 Å². The van der Waals surface area contributed by atoms with Gasteiger partial charge < -0.3 is 28.6 Å². The van der Waals surface area contributed by atoms with Crippen molar-refractivity contribution < 1.29 is 33.3 Å². The molecule has 2 saturated heterocycles. The third-order valence-corrected chi connectivity index (χ3v) is 5.99. The number of furan rings is 1. The third kappa shape index (κ3) is 4.60. The quantitative estimate of drug-likeness (QED) is 0.367. The number of hydrogen-bond donors (Lipinski definition) is 1. The summed E-state index contributed by atoms with van der Waals surface area (Å²) in [6.07, 6.45) is 2.16. The van der Waals surface area contributed by atoms with Gasteiger partial charge in [0.15, 0.2) is 0 Å². The molecule has 0 saturated carbocycles. The van der Waals surface area contributed by atoms with E-state index in [1.54, 1.807) is 30.3 Å². The molecule has 1 atom stereocenters. The fourth-order valence-corrected chi connectivity index (χ4v) is 4.28. The zero-order valence-corrected chi connectivity index (χ0v) is 18.8. The smallest absolute Gasteiger partial charge is 0.295 e. The molecule has 3 heterocycles. The van der Waals surface area contributed by atoms with E-state index in [0.717, 1.165) is 19.6 Å². The van der Waals surface area contributed by atoms with Crippen molar-refractivity contribution in [2.75, 3.05) is 53.6 Å². The highest BCUT2D eigenvalue weighted by Gasteiger charge is 2.47. The second-order valence-electron chi connectivity index (χ2n) is 7.88. The van der Waals surface area contributed by atoms with Crippen LogP contribution in [-0.4, -0.2) is 80.2 Å². The second kappa shape index (κ2) is 10.1. The molecular formula is C24H28N2O7. The first kappa shape index (κ1) is 22.9. The number of morpholine rings is 1. The van der Waals surface area contributed by atoms with Crippen LogP contribution in [0.5, 0.6) is 11.5 Å². The van der Waals surface area contributed by atoms with Crippen molar-refractivity contribution in [2.24, 2.45) is 0 Å². The zero-order valence-electron chi connectivity index (χ0n) is 18.8. The first-order valence-electron chi connectivity index (χ1n) is 10.9. The van der Waals surface area contributed by atoms with E-state index in [9.17, 15) is 14.7 Å². The monoisotopic (exact) mass is 456 g/mol.